The summed E-state index contributed by atoms with van der Waals surface area (Å²) >= 11 is 0. The summed E-state index contributed by atoms with van der Waals surface area (Å²) in [4.78, 5) is 0. The lowest BCUT2D eigenvalue weighted by molar-refractivity contribution is 0.722. The highest BCUT2D eigenvalue weighted by atomic mass is 14.9. The van der Waals surface area contributed by atoms with E-state index < -0.39 is 0 Å². The molecule has 0 spiro atoms. The van der Waals surface area contributed by atoms with Crippen LogP contribution in [-0.4, -0.2) is 7.05 Å². The number of hydrogen-bond donors (Lipinski definition) is 1. The van der Waals surface area contributed by atoms with Crippen LogP contribution in [0.4, 0.5) is 0 Å². The van der Waals surface area contributed by atoms with Gasteiger partial charge in [0.15, 0.2) is 0 Å². The second kappa shape index (κ2) is 4.06. The molecule has 0 aliphatic rings. The second-order valence-corrected chi connectivity index (χ2v) is 3.21. The normalized spacial score (nSPS) is 12.2. The Morgan fingerprint density at radius 2 is 2.08 bits per heavy atom. The Bertz CT molecular complexity index is 336. The summed E-state index contributed by atoms with van der Waals surface area (Å²) in [7, 11) is 1.80. The van der Waals surface area contributed by atoms with E-state index >= 15 is 0 Å². The molecule has 0 amide bonds. The minimum absolute atomic E-state index is 0.194. The number of nitrogens with zero attached hydrogens (tertiary/aromatic N) is 1. The van der Waals surface area contributed by atoms with Crippen molar-refractivity contribution in [2.45, 2.75) is 19.9 Å². The van der Waals surface area contributed by atoms with Gasteiger partial charge in [0.2, 0.25) is 0 Å². The average Bonchev–Trinajstić information content (AvgIpc) is 2.10. The van der Waals surface area contributed by atoms with Crippen molar-refractivity contribution in [2.24, 2.45) is 0 Å². The van der Waals surface area contributed by atoms with Crippen LogP contribution in [0, 0.1) is 25.2 Å². The van der Waals surface area contributed by atoms with E-state index in [2.05, 4.69) is 24.4 Å². The Morgan fingerprint density at radius 3 is 2.54 bits per heavy atom. The summed E-state index contributed by atoms with van der Waals surface area (Å²) in [5, 5.41) is 11.8. The molecule has 0 fully saturated rings. The third-order valence-electron chi connectivity index (χ3n) is 2.15. The molecule has 0 bridgehead atoms. The lowest BCUT2D eigenvalue weighted by atomic mass is 10.0. The predicted octanol–water partition coefficient (Wildman–Crippen LogP) is 2.09. The quantitative estimate of drug-likeness (QED) is 0.745. The van der Waals surface area contributed by atoms with E-state index in [-0.39, 0.29) is 6.04 Å². The van der Waals surface area contributed by atoms with Crippen molar-refractivity contribution in [1.82, 2.24) is 5.32 Å². The van der Waals surface area contributed by atoms with Crippen LogP contribution >= 0.6 is 0 Å². The molecule has 68 valence electrons. The number of nitriles is 1. The molecular weight excluding hydrogens is 160 g/mol. The van der Waals surface area contributed by atoms with Crippen LogP contribution in [-0.2, 0) is 0 Å². The summed E-state index contributed by atoms with van der Waals surface area (Å²) in [5.74, 6) is 0. The SMILES string of the molecule is CNC(C#N)c1ccc(C)cc1C. The first-order valence-electron chi connectivity index (χ1n) is 4.33. The first kappa shape index (κ1) is 9.76. The van der Waals surface area contributed by atoms with Crippen molar-refractivity contribution >= 4 is 0 Å². The Kier molecular flexibility index (Phi) is 3.05. The van der Waals surface area contributed by atoms with E-state index in [1.165, 1.54) is 11.1 Å². The highest BCUT2D eigenvalue weighted by molar-refractivity contribution is 5.35. The summed E-state index contributed by atoms with van der Waals surface area (Å²) in [6.07, 6.45) is 0. The van der Waals surface area contributed by atoms with Gasteiger partial charge in [-0.2, -0.15) is 5.26 Å². The minimum atomic E-state index is -0.194. The van der Waals surface area contributed by atoms with Gasteiger partial charge in [0.25, 0.3) is 0 Å². The van der Waals surface area contributed by atoms with Gasteiger partial charge in [0.05, 0.1) is 6.07 Å². The number of benzene rings is 1. The van der Waals surface area contributed by atoms with Gasteiger partial charge >= 0.3 is 0 Å². The molecule has 0 saturated heterocycles. The Balaban J connectivity index is 3.09. The molecule has 0 saturated carbocycles. The van der Waals surface area contributed by atoms with Gasteiger partial charge in [-0.25, -0.2) is 0 Å². The number of hydrogen-bond acceptors (Lipinski definition) is 2. The van der Waals surface area contributed by atoms with Crippen LogP contribution in [0.15, 0.2) is 18.2 Å². The lowest BCUT2D eigenvalue weighted by Gasteiger charge is -2.11. The Labute approximate surface area is 79.2 Å². The number of aryl methyl sites for hydroxylation is 2. The largest absolute Gasteiger partial charge is 0.301 e. The summed E-state index contributed by atoms with van der Waals surface area (Å²) in [5.41, 5.74) is 3.46. The molecule has 1 unspecified atom stereocenters. The fraction of sp³-hybridized carbons (Fsp3) is 0.364. The first-order chi connectivity index (χ1) is 6.19. The van der Waals surface area contributed by atoms with Gasteiger partial charge in [0.1, 0.15) is 6.04 Å². The van der Waals surface area contributed by atoms with Gasteiger partial charge in [-0.1, -0.05) is 23.8 Å². The smallest absolute Gasteiger partial charge is 0.121 e. The highest BCUT2D eigenvalue weighted by Crippen LogP contribution is 2.17. The highest BCUT2D eigenvalue weighted by Gasteiger charge is 2.09. The minimum Gasteiger partial charge on any atom is -0.301 e. The van der Waals surface area contributed by atoms with Crippen molar-refractivity contribution in [2.75, 3.05) is 7.05 Å². The fourth-order valence-electron chi connectivity index (χ4n) is 1.44. The molecule has 0 aliphatic carbocycles. The van der Waals surface area contributed by atoms with Crippen LogP contribution in [0.1, 0.15) is 22.7 Å². The standard InChI is InChI=1S/C11H14N2/c1-8-4-5-10(9(2)6-8)11(7-12)13-3/h4-6,11,13H,1-3H3. The molecule has 13 heavy (non-hydrogen) atoms. The molecule has 0 radical (unpaired) electrons. The van der Waals surface area contributed by atoms with Crippen molar-refractivity contribution in [3.05, 3.63) is 34.9 Å². The molecule has 1 aromatic rings. The van der Waals surface area contributed by atoms with E-state index in [0.29, 0.717) is 0 Å². The molecule has 2 nitrogen and oxygen atoms in total. The van der Waals surface area contributed by atoms with Gasteiger partial charge in [-0.3, -0.25) is 0 Å². The molecule has 1 rings (SSSR count). The zero-order valence-corrected chi connectivity index (χ0v) is 8.26. The van der Waals surface area contributed by atoms with Crippen LogP contribution in [0.5, 0.6) is 0 Å². The predicted molar refractivity (Wildman–Crippen MR) is 53.3 cm³/mol. The van der Waals surface area contributed by atoms with Gasteiger partial charge in [0, 0.05) is 0 Å². The first-order valence-corrected chi connectivity index (χ1v) is 4.33. The molecule has 1 aromatic carbocycles. The van der Waals surface area contributed by atoms with Crippen molar-refractivity contribution < 1.29 is 0 Å². The molecule has 0 aromatic heterocycles. The molecule has 0 heterocycles. The third kappa shape index (κ3) is 2.07. The number of rotatable bonds is 2. The van der Waals surface area contributed by atoms with Crippen LogP contribution in [0.2, 0.25) is 0 Å². The van der Waals surface area contributed by atoms with Crippen LogP contribution in [0.25, 0.3) is 0 Å². The third-order valence-corrected chi connectivity index (χ3v) is 2.15. The molecule has 2 heteroatoms. The molecule has 1 N–H and O–H groups in total. The molecular formula is C11H14N2. The fourth-order valence-corrected chi connectivity index (χ4v) is 1.44. The number of nitrogens with one attached hydrogen (secondary N) is 1. The van der Waals surface area contributed by atoms with Gasteiger partial charge in [-0.05, 0) is 32.0 Å². The van der Waals surface area contributed by atoms with Crippen molar-refractivity contribution in [1.29, 1.82) is 5.26 Å². The van der Waals surface area contributed by atoms with E-state index in [9.17, 15) is 0 Å². The maximum absolute atomic E-state index is 8.86. The van der Waals surface area contributed by atoms with E-state index in [1.54, 1.807) is 7.05 Å². The van der Waals surface area contributed by atoms with Crippen LogP contribution in [0.3, 0.4) is 0 Å². The van der Waals surface area contributed by atoms with Gasteiger partial charge in [-0.15, -0.1) is 0 Å². The van der Waals surface area contributed by atoms with Crippen LogP contribution < -0.4 is 5.32 Å². The Hall–Kier alpha value is -1.33. The van der Waals surface area contributed by atoms with E-state index in [0.717, 1.165) is 5.56 Å². The lowest BCUT2D eigenvalue weighted by Crippen LogP contribution is -2.15. The zero-order chi connectivity index (χ0) is 9.84. The molecule has 1 atom stereocenters. The van der Waals surface area contributed by atoms with Gasteiger partial charge < -0.3 is 5.32 Å². The summed E-state index contributed by atoms with van der Waals surface area (Å²) < 4.78 is 0. The van der Waals surface area contributed by atoms with Crippen molar-refractivity contribution in [3.63, 3.8) is 0 Å². The average molecular weight is 174 g/mol. The maximum atomic E-state index is 8.86. The molecule has 0 aliphatic heterocycles. The second-order valence-electron chi connectivity index (χ2n) is 3.21. The van der Waals surface area contributed by atoms with E-state index in [4.69, 9.17) is 5.26 Å². The maximum Gasteiger partial charge on any atom is 0.121 e. The van der Waals surface area contributed by atoms with E-state index in [1.807, 2.05) is 19.1 Å². The topological polar surface area (TPSA) is 35.8 Å². The monoisotopic (exact) mass is 174 g/mol. The van der Waals surface area contributed by atoms with Crippen molar-refractivity contribution in [3.8, 4) is 6.07 Å². The Morgan fingerprint density at radius 1 is 1.38 bits per heavy atom. The summed E-state index contributed by atoms with van der Waals surface area (Å²) in [6, 6.07) is 8.16. The summed E-state index contributed by atoms with van der Waals surface area (Å²) in [6.45, 7) is 4.08. The zero-order valence-electron chi connectivity index (χ0n) is 8.26.